The molecule has 1 unspecified atom stereocenters. The average molecular weight is 260 g/mol. The summed E-state index contributed by atoms with van der Waals surface area (Å²) in [6.45, 7) is 1.42. The number of allylic oxidation sites excluding steroid dienone is 1. The van der Waals surface area contributed by atoms with Crippen LogP contribution in [-0.4, -0.2) is 12.2 Å². The van der Waals surface area contributed by atoms with E-state index in [-0.39, 0.29) is 17.8 Å². The van der Waals surface area contributed by atoms with E-state index in [2.05, 4.69) is 5.32 Å². The first kappa shape index (κ1) is 13.1. The van der Waals surface area contributed by atoms with Crippen molar-refractivity contribution in [3.05, 3.63) is 41.3 Å². The third-order valence-corrected chi connectivity index (χ3v) is 3.02. The zero-order valence-electron chi connectivity index (χ0n) is 10.7. The van der Waals surface area contributed by atoms with Gasteiger partial charge in [0.15, 0.2) is 11.7 Å². The second-order valence-corrected chi connectivity index (χ2v) is 4.48. The Bertz CT molecular complexity index is 537. The molecule has 5 heteroatoms. The van der Waals surface area contributed by atoms with Crippen LogP contribution in [0.15, 0.2) is 30.2 Å². The summed E-state index contributed by atoms with van der Waals surface area (Å²) >= 11 is 0. The number of carbonyl (C=O) groups excluding carboxylic acids is 2. The van der Waals surface area contributed by atoms with Crippen molar-refractivity contribution in [2.75, 3.05) is 5.32 Å². The van der Waals surface area contributed by atoms with Crippen molar-refractivity contribution in [1.29, 1.82) is 0 Å². The predicted molar refractivity (Wildman–Crippen MR) is 71.2 cm³/mol. The molecule has 0 bridgehead atoms. The van der Waals surface area contributed by atoms with Crippen LogP contribution in [0.5, 0.6) is 0 Å². The first-order chi connectivity index (χ1) is 9.10. The zero-order valence-corrected chi connectivity index (χ0v) is 10.7. The van der Waals surface area contributed by atoms with Crippen LogP contribution in [0.25, 0.3) is 0 Å². The van der Waals surface area contributed by atoms with Gasteiger partial charge in [0.2, 0.25) is 6.41 Å². The lowest BCUT2D eigenvalue weighted by Crippen LogP contribution is -2.09. The van der Waals surface area contributed by atoms with Crippen molar-refractivity contribution in [1.82, 2.24) is 0 Å². The van der Waals surface area contributed by atoms with E-state index in [1.165, 1.54) is 18.6 Å². The molecule has 1 amide bonds. The smallest absolute Gasteiger partial charge is 0.211 e. The van der Waals surface area contributed by atoms with Crippen molar-refractivity contribution >= 4 is 17.9 Å². The maximum absolute atomic E-state index is 10.9. The number of hydrogen-bond acceptors (Lipinski definition) is 4. The number of nitrogens with one attached hydrogen (secondary N) is 1. The number of ketones is 1. The highest BCUT2D eigenvalue weighted by Crippen LogP contribution is 2.36. The molecule has 1 aliphatic rings. The third-order valence-electron chi connectivity index (χ3n) is 3.02. The first-order valence-electron chi connectivity index (χ1n) is 6.07. The van der Waals surface area contributed by atoms with Gasteiger partial charge in [0.05, 0.1) is 0 Å². The summed E-state index contributed by atoms with van der Waals surface area (Å²) < 4.78 is 5.58. The molecule has 2 rings (SSSR count). The normalized spacial score (nSPS) is 17.7. The molecule has 1 atom stereocenters. The number of amides is 1. The van der Waals surface area contributed by atoms with E-state index in [9.17, 15) is 9.59 Å². The molecule has 0 radical (unpaired) electrons. The molecule has 19 heavy (non-hydrogen) atoms. The third kappa shape index (κ3) is 3.13. The number of anilines is 1. The maximum Gasteiger partial charge on any atom is 0.211 e. The molecule has 0 fully saturated rings. The largest absolute Gasteiger partial charge is 0.471 e. The Morgan fingerprint density at radius 1 is 1.53 bits per heavy atom. The van der Waals surface area contributed by atoms with Gasteiger partial charge in [-0.05, 0) is 43.0 Å². The van der Waals surface area contributed by atoms with Crippen molar-refractivity contribution in [2.24, 2.45) is 5.73 Å². The van der Waals surface area contributed by atoms with Crippen molar-refractivity contribution < 1.29 is 14.3 Å². The van der Waals surface area contributed by atoms with E-state index in [1.54, 1.807) is 0 Å². The molecule has 1 aliphatic carbocycles. The van der Waals surface area contributed by atoms with E-state index in [4.69, 9.17) is 10.5 Å². The van der Waals surface area contributed by atoms with Gasteiger partial charge in [0.1, 0.15) is 6.10 Å². The number of carbonyl (C=O) groups is 2. The van der Waals surface area contributed by atoms with Gasteiger partial charge in [-0.25, -0.2) is 0 Å². The summed E-state index contributed by atoms with van der Waals surface area (Å²) in [4.78, 5) is 21.4. The zero-order chi connectivity index (χ0) is 13.8. The number of rotatable bonds is 5. The number of ether oxygens (including phenoxy) is 1. The Kier molecular flexibility index (Phi) is 3.85. The van der Waals surface area contributed by atoms with Gasteiger partial charge in [-0.3, -0.25) is 9.59 Å². The number of benzene rings is 1. The SMILES string of the molecule is CC(=O)C=C(N)OC1CCc2ccc(NC=O)cc21. The highest BCUT2D eigenvalue weighted by Gasteiger charge is 2.24. The van der Waals surface area contributed by atoms with Gasteiger partial charge in [-0.2, -0.15) is 0 Å². The number of hydrogen-bond donors (Lipinski definition) is 2. The number of aryl methyl sites for hydroxylation is 1. The Morgan fingerprint density at radius 3 is 3.00 bits per heavy atom. The summed E-state index contributed by atoms with van der Waals surface area (Å²) in [5.41, 5.74) is 8.56. The fourth-order valence-corrected chi connectivity index (χ4v) is 2.24. The lowest BCUT2D eigenvalue weighted by atomic mass is 10.1. The molecule has 0 saturated heterocycles. The summed E-state index contributed by atoms with van der Waals surface area (Å²) in [7, 11) is 0. The number of fused-ring (bicyclic) bond motifs is 1. The number of nitrogens with two attached hydrogens (primary N) is 1. The van der Waals surface area contributed by atoms with Crippen molar-refractivity contribution in [3.63, 3.8) is 0 Å². The van der Waals surface area contributed by atoms with Gasteiger partial charge in [-0.15, -0.1) is 0 Å². The summed E-state index contributed by atoms with van der Waals surface area (Å²) in [6.07, 6.45) is 3.45. The monoisotopic (exact) mass is 260 g/mol. The van der Waals surface area contributed by atoms with Gasteiger partial charge < -0.3 is 15.8 Å². The van der Waals surface area contributed by atoms with Gasteiger partial charge >= 0.3 is 0 Å². The van der Waals surface area contributed by atoms with Gasteiger partial charge in [0, 0.05) is 11.8 Å². The molecule has 0 saturated carbocycles. The van der Waals surface area contributed by atoms with E-state index < -0.39 is 0 Å². The second-order valence-electron chi connectivity index (χ2n) is 4.48. The topological polar surface area (TPSA) is 81.4 Å². The standard InChI is InChI=1S/C14H16N2O3/c1-9(18)6-14(15)19-13-5-3-10-2-4-11(16-8-17)7-12(10)13/h2,4,6-8,13H,3,5,15H2,1H3,(H,16,17). The second kappa shape index (κ2) is 5.56. The Labute approximate surface area is 111 Å². The Morgan fingerprint density at radius 2 is 2.32 bits per heavy atom. The molecule has 1 aromatic rings. The first-order valence-corrected chi connectivity index (χ1v) is 6.07. The minimum absolute atomic E-state index is 0.124. The highest BCUT2D eigenvalue weighted by molar-refractivity contribution is 5.87. The van der Waals surface area contributed by atoms with E-state index in [1.807, 2.05) is 18.2 Å². The minimum atomic E-state index is -0.168. The Balaban J connectivity index is 2.18. The summed E-state index contributed by atoms with van der Waals surface area (Å²) in [6, 6.07) is 5.70. The van der Waals surface area contributed by atoms with Crippen LogP contribution in [0.2, 0.25) is 0 Å². The van der Waals surface area contributed by atoms with Crippen LogP contribution in [0.3, 0.4) is 0 Å². The molecule has 5 nitrogen and oxygen atoms in total. The maximum atomic E-state index is 10.9. The van der Waals surface area contributed by atoms with E-state index in [0.29, 0.717) is 6.41 Å². The van der Waals surface area contributed by atoms with E-state index >= 15 is 0 Å². The van der Waals surface area contributed by atoms with Crippen molar-refractivity contribution in [2.45, 2.75) is 25.9 Å². The van der Waals surface area contributed by atoms with Crippen LogP contribution < -0.4 is 11.1 Å². The molecular formula is C14H16N2O3. The highest BCUT2D eigenvalue weighted by atomic mass is 16.5. The van der Waals surface area contributed by atoms with Gasteiger partial charge in [-0.1, -0.05) is 6.07 Å². The molecule has 0 spiro atoms. The molecule has 3 N–H and O–H groups in total. The van der Waals surface area contributed by atoms with Crippen LogP contribution in [-0.2, 0) is 20.7 Å². The molecular weight excluding hydrogens is 244 g/mol. The molecule has 0 aliphatic heterocycles. The minimum Gasteiger partial charge on any atom is -0.471 e. The lowest BCUT2D eigenvalue weighted by Gasteiger charge is -2.15. The fraction of sp³-hybridized carbons (Fsp3) is 0.286. The molecule has 1 aromatic carbocycles. The average Bonchev–Trinajstić information content (AvgIpc) is 2.71. The van der Waals surface area contributed by atoms with Crippen LogP contribution in [0, 0.1) is 0 Å². The quantitative estimate of drug-likeness (QED) is 0.479. The lowest BCUT2D eigenvalue weighted by molar-refractivity contribution is -0.113. The predicted octanol–water partition coefficient (Wildman–Crippen LogP) is 1.65. The molecule has 100 valence electrons. The Hall–Kier alpha value is -2.30. The van der Waals surface area contributed by atoms with Gasteiger partial charge in [0.25, 0.3) is 0 Å². The molecule has 0 heterocycles. The summed E-state index contributed by atoms with van der Waals surface area (Å²) in [5, 5.41) is 2.61. The van der Waals surface area contributed by atoms with Crippen LogP contribution in [0.4, 0.5) is 5.69 Å². The molecule has 0 aromatic heterocycles. The fourth-order valence-electron chi connectivity index (χ4n) is 2.24. The summed E-state index contributed by atoms with van der Waals surface area (Å²) in [5.74, 6) is -0.0220. The van der Waals surface area contributed by atoms with Crippen molar-refractivity contribution in [3.8, 4) is 0 Å². The van der Waals surface area contributed by atoms with Crippen LogP contribution >= 0.6 is 0 Å². The van der Waals surface area contributed by atoms with Crippen LogP contribution in [0.1, 0.15) is 30.6 Å². The van der Waals surface area contributed by atoms with E-state index in [0.717, 1.165) is 24.1 Å².